The first-order valence-corrected chi connectivity index (χ1v) is 17.1. The largest absolute Gasteiger partial charge is 0.393 e. The zero-order valence-electron chi connectivity index (χ0n) is 25.3. The van der Waals surface area contributed by atoms with Crippen LogP contribution in [0.25, 0.3) is 0 Å². The molecule has 4 aliphatic carbocycles. The molecular weight excluding hydrogens is 472 g/mol. The Kier molecular flexibility index (Phi) is 13.2. The summed E-state index contributed by atoms with van der Waals surface area (Å²) in [6.07, 6.45) is 25.4. The second-order valence-electron chi connectivity index (χ2n) is 13.9. The van der Waals surface area contributed by atoms with Crippen molar-refractivity contribution in [2.75, 3.05) is 13.2 Å². The van der Waals surface area contributed by atoms with Crippen molar-refractivity contribution < 1.29 is 19.3 Å². The molecule has 4 aliphatic rings. The van der Waals surface area contributed by atoms with Crippen molar-refractivity contribution >= 4 is 0 Å². The summed E-state index contributed by atoms with van der Waals surface area (Å²) in [5.41, 5.74) is 0. The van der Waals surface area contributed by atoms with Crippen molar-refractivity contribution in [3.05, 3.63) is 0 Å². The summed E-state index contributed by atoms with van der Waals surface area (Å²) in [7, 11) is 0. The molecule has 0 aliphatic heterocycles. The number of ether oxygens (including phenoxy) is 3. The van der Waals surface area contributed by atoms with E-state index in [1.807, 2.05) is 0 Å². The molecule has 222 valence electrons. The van der Waals surface area contributed by atoms with Gasteiger partial charge < -0.3 is 19.3 Å². The summed E-state index contributed by atoms with van der Waals surface area (Å²) in [5, 5.41) is 9.86. The maximum atomic E-state index is 9.86. The van der Waals surface area contributed by atoms with Crippen molar-refractivity contribution in [2.24, 2.45) is 35.5 Å². The molecule has 0 saturated heterocycles. The lowest BCUT2D eigenvalue weighted by Crippen LogP contribution is -2.31. The average molecular weight is 535 g/mol. The molecular formula is C34H62O4. The molecule has 0 aromatic carbocycles. The molecule has 3 unspecified atom stereocenters. The van der Waals surface area contributed by atoms with Crippen molar-refractivity contribution in [3.8, 4) is 0 Å². The Morgan fingerprint density at radius 2 is 1.26 bits per heavy atom. The Hall–Kier alpha value is -0.160. The molecule has 0 radical (unpaired) electrons. The van der Waals surface area contributed by atoms with Crippen molar-refractivity contribution in [1.82, 2.24) is 0 Å². The fraction of sp³-hybridized carbons (Fsp3) is 1.00. The lowest BCUT2D eigenvalue weighted by atomic mass is 9.70. The molecule has 4 heteroatoms. The van der Waals surface area contributed by atoms with Gasteiger partial charge in [0.1, 0.15) is 0 Å². The highest BCUT2D eigenvalue weighted by molar-refractivity contribution is 4.83. The van der Waals surface area contributed by atoms with Gasteiger partial charge >= 0.3 is 0 Å². The first kappa shape index (κ1) is 30.8. The summed E-state index contributed by atoms with van der Waals surface area (Å²) < 4.78 is 18.5. The molecule has 0 bridgehead atoms. The molecule has 4 saturated carbocycles. The maximum Gasteiger partial charge on any atom is 0.155 e. The Morgan fingerprint density at radius 3 is 1.92 bits per heavy atom. The second-order valence-corrected chi connectivity index (χ2v) is 13.9. The minimum Gasteiger partial charge on any atom is -0.393 e. The monoisotopic (exact) mass is 534 g/mol. The van der Waals surface area contributed by atoms with Crippen LogP contribution in [0.4, 0.5) is 0 Å². The Bertz CT molecular complexity index is 610. The van der Waals surface area contributed by atoms with Gasteiger partial charge in [0, 0.05) is 0 Å². The molecule has 0 heterocycles. The van der Waals surface area contributed by atoms with Gasteiger partial charge in [0.2, 0.25) is 0 Å². The Morgan fingerprint density at radius 1 is 0.658 bits per heavy atom. The summed E-state index contributed by atoms with van der Waals surface area (Å²) in [4.78, 5) is 0. The fourth-order valence-corrected chi connectivity index (χ4v) is 8.80. The van der Waals surface area contributed by atoms with Crippen LogP contribution < -0.4 is 0 Å². The fourth-order valence-electron chi connectivity index (χ4n) is 8.80. The van der Waals surface area contributed by atoms with E-state index < -0.39 is 0 Å². The van der Waals surface area contributed by atoms with Crippen LogP contribution in [-0.4, -0.2) is 42.9 Å². The van der Waals surface area contributed by atoms with E-state index in [0.717, 1.165) is 48.3 Å². The van der Waals surface area contributed by atoms with E-state index in [-0.39, 0.29) is 12.4 Å². The van der Waals surface area contributed by atoms with Gasteiger partial charge in [-0.25, -0.2) is 0 Å². The standard InChI is InChI=1S/C34H62O4/c1-4-27(24-25(2)28-10-16-32(35)17-11-28)30-14-20-34(21-15-30)38-26(3)36-22-23-37-33-18-12-31(13-19-33)29-8-6-5-7-9-29/h25-35H,4-24H2,1-3H3. The summed E-state index contributed by atoms with van der Waals surface area (Å²) in [5.74, 6) is 5.30. The minimum atomic E-state index is -0.133. The van der Waals surface area contributed by atoms with Crippen molar-refractivity contribution in [1.29, 1.82) is 0 Å². The summed E-state index contributed by atoms with van der Waals surface area (Å²) in [6, 6.07) is 0. The average Bonchev–Trinajstić information content (AvgIpc) is 2.95. The van der Waals surface area contributed by atoms with Crippen LogP contribution in [0.15, 0.2) is 0 Å². The van der Waals surface area contributed by atoms with Crippen LogP contribution in [0.5, 0.6) is 0 Å². The van der Waals surface area contributed by atoms with Crippen LogP contribution in [0, 0.1) is 35.5 Å². The van der Waals surface area contributed by atoms with Gasteiger partial charge in [-0.3, -0.25) is 0 Å². The lowest BCUT2D eigenvalue weighted by molar-refractivity contribution is -0.177. The topological polar surface area (TPSA) is 47.9 Å². The first-order valence-electron chi connectivity index (χ1n) is 17.1. The quantitative estimate of drug-likeness (QED) is 0.190. The van der Waals surface area contributed by atoms with Gasteiger partial charge in [0.05, 0.1) is 31.5 Å². The van der Waals surface area contributed by atoms with Crippen molar-refractivity contribution in [2.45, 2.75) is 167 Å². The number of hydrogen-bond acceptors (Lipinski definition) is 4. The molecule has 3 atom stereocenters. The zero-order valence-corrected chi connectivity index (χ0v) is 25.3. The second kappa shape index (κ2) is 16.3. The third-order valence-corrected chi connectivity index (χ3v) is 11.3. The smallest absolute Gasteiger partial charge is 0.155 e. The van der Waals surface area contributed by atoms with Gasteiger partial charge in [-0.15, -0.1) is 0 Å². The van der Waals surface area contributed by atoms with E-state index in [0.29, 0.717) is 25.4 Å². The van der Waals surface area contributed by atoms with Crippen LogP contribution in [0.1, 0.15) is 143 Å². The van der Waals surface area contributed by atoms with E-state index in [1.54, 1.807) is 0 Å². The Balaban J connectivity index is 1.04. The van der Waals surface area contributed by atoms with Gasteiger partial charge in [-0.2, -0.15) is 0 Å². The zero-order chi connectivity index (χ0) is 26.7. The van der Waals surface area contributed by atoms with Gasteiger partial charge in [0.15, 0.2) is 6.29 Å². The Labute approximate surface area is 235 Å². The first-order chi connectivity index (χ1) is 18.5. The van der Waals surface area contributed by atoms with Crippen LogP contribution in [0.2, 0.25) is 0 Å². The SMILES string of the molecule is CCC(CC(C)C1CCC(O)CC1)C1CCC(OC(C)OCCOC2CCC(C3CCCCC3)CC2)CC1. The molecule has 0 aromatic heterocycles. The number of aliphatic hydroxyl groups is 1. The summed E-state index contributed by atoms with van der Waals surface area (Å²) in [6.45, 7) is 8.29. The number of rotatable bonds is 13. The van der Waals surface area contributed by atoms with Gasteiger partial charge in [-0.1, -0.05) is 52.4 Å². The molecule has 0 aromatic rings. The van der Waals surface area contributed by atoms with Crippen LogP contribution in [-0.2, 0) is 14.2 Å². The molecule has 4 fully saturated rings. The number of hydrogen-bond donors (Lipinski definition) is 1. The molecule has 0 spiro atoms. The molecule has 38 heavy (non-hydrogen) atoms. The molecule has 0 amide bonds. The van der Waals surface area contributed by atoms with E-state index >= 15 is 0 Å². The predicted molar refractivity (Wildman–Crippen MR) is 156 cm³/mol. The van der Waals surface area contributed by atoms with Crippen LogP contribution in [0.3, 0.4) is 0 Å². The normalized spacial score (nSPS) is 36.0. The summed E-state index contributed by atoms with van der Waals surface area (Å²) >= 11 is 0. The van der Waals surface area contributed by atoms with E-state index in [1.165, 1.54) is 109 Å². The highest BCUT2D eigenvalue weighted by atomic mass is 16.7. The maximum absolute atomic E-state index is 9.86. The third-order valence-electron chi connectivity index (χ3n) is 11.3. The highest BCUT2D eigenvalue weighted by Gasteiger charge is 2.32. The molecule has 4 rings (SSSR count). The molecule has 4 nitrogen and oxygen atoms in total. The predicted octanol–water partition coefficient (Wildman–Crippen LogP) is 8.68. The minimum absolute atomic E-state index is 0.0368. The number of aliphatic hydroxyl groups excluding tert-OH is 1. The van der Waals surface area contributed by atoms with Crippen LogP contribution >= 0.6 is 0 Å². The van der Waals surface area contributed by atoms with E-state index in [4.69, 9.17) is 14.2 Å². The van der Waals surface area contributed by atoms with E-state index in [2.05, 4.69) is 20.8 Å². The third kappa shape index (κ3) is 9.74. The van der Waals surface area contributed by atoms with Crippen molar-refractivity contribution in [3.63, 3.8) is 0 Å². The lowest BCUT2D eigenvalue weighted by Gasteiger charge is -2.37. The van der Waals surface area contributed by atoms with Gasteiger partial charge in [0.25, 0.3) is 0 Å². The van der Waals surface area contributed by atoms with Gasteiger partial charge in [-0.05, 0) is 126 Å². The van der Waals surface area contributed by atoms with E-state index in [9.17, 15) is 5.11 Å². The molecule has 1 N–H and O–H groups in total. The highest BCUT2D eigenvalue weighted by Crippen LogP contribution is 2.41.